The number of nitrogens with one attached hydrogen (secondary N) is 1. The van der Waals surface area contributed by atoms with Gasteiger partial charge in [-0.05, 0) is 42.2 Å². The number of hydrogen-bond donors (Lipinski definition) is 1. The summed E-state index contributed by atoms with van der Waals surface area (Å²) in [4.78, 5) is 17.0. The van der Waals surface area contributed by atoms with Crippen molar-refractivity contribution in [1.82, 2.24) is 4.98 Å². The number of nitrogens with zero attached hydrogens (tertiary/aromatic N) is 1. The zero-order valence-corrected chi connectivity index (χ0v) is 18.3. The Morgan fingerprint density at radius 2 is 1.79 bits per heavy atom. The number of amides is 1. The van der Waals surface area contributed by atoms with E-state index in [1.807, 2.05) is 18.2 Å². The molecule has 0 atom stereocenters. The molecule has 0 radical (unpaired) electrons. The molecule has 0 saturated carbocycles. The standard InChI is InChI=1S/C21H24N2O4S2/c1-4-14-8-7-9-15(5-2)20(14)23-19(24)13-28-21-22-17-12-16(29(25,26)6-3)10-11-18(17)27-21/h7-12H,4-6,13H2,1-3H3,(H,23,24). The van der Waals surface area contributed by atoms with Crippen molar-refractivity contribution in [3.8, 4) is 0 Å². The summed E-state index contributed by atoms with van der Waals surface area (Å²) in [6, 6.07) is 10.7. The van der Waals surface area contributed by atoms with E-state index in [9.17, 15) is 13.2 Å². The van der Waals surface area contributed by atoms with Crippen molar-refractivity contribution in [2.75, 3.05) is 16.8 Å². The van der Waals surface area contributed by atoms with Crippen molar-refractivity contribution < 1.29 is 17.6 Å². The molecule has 0 unspecified atom stereocenters. The van der Waals surface area contributed by atoms with Crippen molar-refractivity contribution in [2.24, 2.45) is 0 Å². The highest BCUT2D eigenvalue weighted by Gasteiger charge is 2.16. The zero-order valence-electron chi connectivity index (χ0n) is 16.7. The number of hydrogen-bond acceptors (Lipinski definition) is 6. The molecular weight excluding hydrogens is 408 g/mol. The Morgan fingerprint density at radius 1 is 1.10 bits per heavy atom. The van der Waals surface area contributed by atoms with Crippen LogP contribution in [0.15, 0.2) is 50.9 Å². The van der Waals surface area contributed by atoms with Gasteiger partial charge in [0.15, 0.2) is 15.4 Å². The molecule has 0 aliphatic heterocycles. The molecule has 8 heteroatoms. The van der Waals surface area contributed by atoms with E-state index in [4.69, 9.17) is 4.42 Å². The predicted octanol–water partition coefficient (Wildman–Crippen LogP) is 4.48. The van der Waals surface area contributed by atoms with Gasteiger partial charge in [0, 0.05) is 5.69 Å². The minimum Gasteiger partial charge on any atom is -0.431 e. The Bertz CT molecular complexity index is 1110. The van der Waals surface area contributed by atoms with Gasteiger partial charge in [-0.25, -0.2) is 13.4 Å². The van der Waals surface area contributed by atoms with Gasteiger partial charge in [0.1, 0.15) is 5.52 Å². The van der Waals surface area contributed by atoms with E-state index in [-0.39, 0.29) is 22.3 Å². The molecule has 0 saturated heterocycles. The minimum atomic E-state index is -3.31. The van der Waals surface area contributed by atoms with Gasteiger partial charge in [-0.2, -0.15) is 0 Å². The number of oxazole rings is 1. The summed E-state index contributed by atoms with van der Waals surface area (Å²) in [5.41, 5.74) is 4.05. The molecular formula is C21H24N2O4S2. The zero-order chi connectivity index (χ0) is 21.0. The Balaban J connectivity index is 1.72. The maximum absolute atomic E-state index is 12.5. The van der Waals surface area contributed by atoms with Crippen LogP contribution in [-0.4, -0.2) is 30.8 Å². The third-order valence-electron chi connectivity index (χ3n) is 4.67. The van der Waals surface area contributed by atoms with Crippen LogP contribution in [0.5, 0.6) is 0 Å². The molecule has 1 amide bonds. The van der Waals surface area contributed by atoms with Crippen molar-refractivity contribution >= 4 is 44.3 Å². The molecule has 2 aromatic carbocycles. The normalized spacial score (nSPS) is 11.7. The maximum atomic E-state index is 12.5. The highest BCUT2D eigenvalue weighted by atomic mass is 32.2. The molecule has 3 rings (SSSR count). The van der Waals surface area contributed by atoms with Gasteiger partial charge in [-0.1, -0.05) is 50.7 Å². The van der Waals surface area contributed by atoms with Crippen molar-refractivity contribution in [1.29, 1.82) is 0 Å². The Hall–Kier alpha value is -2.32. The summed E-state index contributed by atoms with van der Waals surface area (Å²) < 4.78 is 29.7. The number of fused-ring (bicyclic) bond motifs is 1. The quantitative estimate of drug-likeness (QED) is 0.528. The topological polar surface area (TPSA) is 89.3 Å². The molecule has 0 aliphatic carbocycles. The Morgan fingerprint density at radius 3 is 2.41 bits per heavy atom. The minimum absolute atomic E-state index is 0.0249. The average molecular weight is 433 g/mol. The SMILES string of the molecule is CCc1cccc(CC)c1NC(=O)CSc1nc2cc(S(=O)(=O)CC)ccc2o1. The van der Waals surface area contributed by atoms with E-state index in [1.54, 1.807) is 13.0 Å². The van der Waals surface area contributed by atoms with Gasteiger partial charge < -0.3 is 9.73 Å². The molecule has 0 spiro atoms. The summed E-state index contributed by atoms with van der Waals surface area (Å²) in [5.74, 6) is 0.0349. The van der Waals surface area contributed by atoms with Crippen LogP contribution in [0.1, 0.15) is 31.9 Å². The van der Waals surface area contributed by atoms with E-state index in [2.05, 4.69) is 24.1 Å². The second-order valence-electron chi connectivity index (χ2n) is 6.51. The lowest BCUT2D eigenvalue weighted by Gasteiger charge is -2.14. The van der Waals surface area contributed by atoms with Gasteiger partial charge in [0.25, 0.3) is 5.22 Å². The maximum Gasteiger partial charge on any atom is 0.257 e. The van der Waals surface area contributed by atoms with Crippen LogP contribution in [0.3, 0.4) is 0 Å². The number of carbonyl (C=O) groups is 1. The van der Waals surface area contributed by atoms with Crippen molar-refractivity contribution in [3.63, 3.8) is 0 Å². The smallest absolute Gasteiger partial charge is 0.257 e. The van der Waals surface area contributed by atoms with Crippen molar-refractivity contribution in [3.05, 3.63) is 47.5 Å². The lowest BCUT2D eigenvalue weighted by atomic mass is 10.0. The average Bonchev–Trinajstić information content (AvgIpc) is 3.14. The first-order chi connectivity index (χ1) is 13.9. The highest BCUT2D eigenvalue weighted by molar-refractivity contribution is 7.99. The summed E-state index contributed by atoms with van der Waals surface area (Å²) >= 11 is 1.18. The van der Waals surface area contributed by atoms with Gasteiger partial charge >= 0.3 is 0 Å². The van der Waals surface area contributed by atoms with Crippen LogP contribution in [-0.2, 0) is 27.5 Å². The lowest BCUT2D eigenvalue weighted by molar-refractivity contribution is -0.113. The largest absolute Gasteiger partial charge is 0.431 e. The molecule has 3 aromatic rings. The predicted molar refractivity (Wildman–Crippen MR) is 116 cm³/mol. The molecule has 1 N–H and O–H groups in total. The number of anilines is 1. The third-order valence-corrected chi connectivity index (χ3v) is 7.23. The molecule has 29 heavy (non-hydrogen) atoms. The lowest BCUT2D eigenvalue weighted by Crippen LogP contribution is -2.16. The van der Waals surface area contributed by atoms with Crippen LogP contribution in [0.4, 0.5) is 5.69 Å². The number of thioether (sulfide) groups is 1. The molecule has 1 aromatic heterocycles. The number of aryl methyl sites for hydroxylation is 2. The molecule has 154 valence electrons. The Kier molecular flexibility index (Phi) is 6.64. The van der Waals surface area contributed by atoms with Crippen LogP contribution in [0.25, 0.3) is 11.1 Å². The van der Waals surface area contributed by atoms with Gasteiger partial charge in [-0.3, -0.25) is 4.79 Å². The fourth-order valence-electron chi connectivity index (χ4n) is 3.01. The summed E-state index contributed by atoms with van der Waals surface area (Å²) in [7, 11) is -3.31. The molecule has 0 bridgehead atoms. The second kappa shape index (κ2) is 9.00. The number of para-hydroxylation sites is 1. The first-order valence-corrected chi connectivity index (χ1v) is 12.2. The van der Waals surface area contributed by atoms with E-state index in [0.29, 0.717) is 16.3 Å². The molecule has 6 nitrogen and oxygen atoms in total. The van der Waals surface area contributed by atoms with Gasteiger partial charge in [0.05, 0.1) is 16.4 Å². The first-order valence-electron chi connectivity index (χ1n) is 9.54. The molecule has 0 fully saturated rings. The summed E-state index contributed by atoms with van der Waals surface area (Å²) in [5, 5.41) is 3.35. The van der Waals surface area contributed by atoms with Gasteiger partial charge in [0.2, 0.25) is 5.91 Å². The number of sulfone groups is 1. The van der Waals surface area contributed by atoms with Crippen LogP contribution in [0.2, 0.25) is 0 Å². The monoisotopic (exact) mass is 432 g/mol. The number of aromatic nitrogens is 1. The summed E-state index contributed by atoms with van der Waals surface area (Å²) in [6.07, 6.45) is 1.68. The third kappa shape index (κ3) is 4.82. The Labute approximate surface area is 175 Å². The fraction of sp³-hybridized carbons (Fsp3) is 0.333. The van der Waals surface area contributed by atoms with E-state index < -0.39 is 9.84 Å². The number of benzene rings is 2. The van der Waals surface area contributed by atoms with Gasteiger partial charge in [-0.15, -0.1) is 0 Å². The molecule has 1 heterocycles. The van der Waals surface area contributed by atoms with Crippen LogP contribution < -0.4 is 5.32 Å². The van der Waals surface area contributed by atoms with E-state index in [1.165, 1.54) is 23.9 Å². The van der Waals surface area contributed by atoms with Crippen LogP contribution in [0, 0.1) is 0 Å². The van der Waals surface area contributed by atoms with E-state index in [0.717, 1.165) is 29.7 Å². The molecule has 0 aliphatic rings. The number of carbonyl (C=O) groups excluding carboxylic acids is 1. The van der Waals surface area contributed by atoms with Crippen LogP contribution >= 0.6 is 11.8 Å². The first kappa shape index (κ1) is 21.4. The number of rotatable bonds is 8. The second-order valence-corrected chi connectivity index (χ2v) is 9.71. The van der Waals surface area contributed by atoms with Crippen molar-refractivity contribution in [2.45, 2.75) is 43.7 Å². The summed E-state index contributed by atoms with van der Waals surface area (Å²) in [6.45, 7) is 5.72. The fourth-order valence-corrected chi connectivity index (χ4v) is 4.55. The van der Waals surface area contributed by atoms with E-state index >= 15 is 0 Å². The highest BCUT2D eigenvalue weighted by Crippen LogP contribution is 2.27.